The fourth-order valence-corrected chi connectivity index (χ4v) is 4.55. The van der Waals surface area contributed by atoms with Crippen molar-refractivity contribution in [2.24, 2.45) is 0 Å². The molecule has 1 N–H and O–H groups in total. The number of hydrogen-bond acceptors (Lipinski definition) is 6. The molecule has 7 heteroatoms. The van der Waals surface area contributed by atoms with Gasteiger partial charge in [0.15, 0.2) is 11.5 Å². The molecule has 1 unspecified atom stereocenters. The van der Waals surface area contributed by atoms with Gasteiger partial charge in [0.05, 0.1) is 5.57 Å². The van der Waals surface area contributed by atoms with E-state index in [0.29, 0.717) is 5.58 Å². The highest BCUT2D eigenvalue weighted by molar-refractivity contribution is 7.10. The van der Waals surface area contributed by atoms with E-state index >= 15 is 0 Å². The van der Waals surface area contributed by atoms with Crippen molar-refractivity contribution < 1.29 is 19.1 Å². The molecule has 0 fully saturated rings. The number of furan rings is 1. The topological polar surface area (TPSA) is 83.6 Å². The smallest absolute Gasteiger partial charge is 0.290 e. The average molecular weight is 416 g/mol. The Labute approximate surface area is 175 Å². The lowest BCUT2D eigenvalue weighted by molar-refractivity contribution is -0.130. The van der Waals surface area contributed by atoms with Crippen molar-refractivity contribution in [1.82, 2.24) is 9.88 Å². The fourth-order valence-electron chi connectivity index (χ4n) is 3.71. The number of aliphatic hydroxyl groups is 1. The molecule has 3 aromatic heterocycles. The second kappa shape index (κ2) is 7.27. The van der Waals surface area contributed by atoms with Gasteiger partial charge in [0, 0.05) is 29.2 Å². The van der Waals surface area contributed by atoms with Crippen molar-refractivity contribution in [1.29, 1.82) is 0 Å². The molecule has 1 aromatic carbocycles. The standard InChI is InChI=1S/C23H16N2O4S/c26-21(17-11-15-6-1-2-7-16(15)29-17)19-20(18-8-4-10-30-18)25(23(28)22(19)27)13-14-5-3-9-24-12-14/h1-12,20,27H,13H2. The Morgan fingerprint density at radius 3 is 2.77 bits per heavy atom. The van der Waals surface area contributed by atoms with E-state index in [1.807, 2.05) is 41.8 Å². The molecule has 6 nitrogen and oxygen atoms in total. The Morgan fingerprint density at radius 1 is 1.17 bits per heavy atom. The molecule has 5 rings (SSSR count). The normalized spacial score (nSPS) is 16.6. The van der Waals surface area contributed by atoms with Gasteiger partial charge in [-0.15, -0.1) is 11.3 Å². The van der Waals surface area contributed by atoms with Crippen molar-refractivity contribution in [3.05, 3.63) is 99.9 Å². The second-order valence-corrected chi connectivity index (χ2v) is 7.93. The number of thiophene rings is 1. The van der Waals surface area contributed by atoms with E-state index in [2.05, 4.69) is 4.98 Å². The van der Waals surface area contributed by atoms with Gasteiger partial charge in [-0.1, -0.05) is 30.3 Å². The summed E-state index contributed by atoms with van der Waals surface area (Å²) in [5.41, 5.74) is 1.41. The predicted octanol–water partition coefficient (Wildman–Crippen LogP) is 4.67. The number of para-hydroxylation sites is 1. The van der Waals surface area contributed by atoms with Crippen LogP contribution in [-0.4, -0.2) is 26.7 Å². The maximum atomic E-state index is 13.4. The van der Waals surface area contributed by atoms with E-state index in [1.54, 1.807) is 30.6 Å². The minimum atomic E-state index is -0.696. The van der Waals surface area contributed by atoms with Gasteiger partial charge < -0.3 is 14.4 Å². The van der Waals surface area contributed by atoms with Gasteiger partial charge in [0.2, 0.25) is 5.78 Å². The molecule has 30 heavy (non-hydrogen) atoms. The third kappa shape index (κ3) is 3.00. The van der Waals surface area contributed by atoms with Gasteiger partial charge >= 0.3 is 0 Å². The van der Waals surface area contributed by atoms with Crippen molar-refractivity contribution in [3.63, 3.8) is 0 Å². The Bertz CT molecular complexity index is 1240. The first-order chi connectivity index (χ1) is 14.6. The summed E-state index contributed by atoms with van der Waals surface area (Å²) in [5, 5.41) is 13.4. The van der Waals surface area contributed by atoms with Crippen LogP contribution in [0.3, 0.4) is 0 Å². The minimum Gasteiger partial charge on any atom is -0.503 e. The van der Waals surface area contributed by atoms with Gasteiger partial charge in [0.25, 0.3) is 5.91 Å². The number of nitrogens with zero attached hydrogens (tertiary/aromatic N) is 2. The first kappa shape index (κ1) is 18.3. The first-order valence-electron chi connectivity index (χ1n) is 9.33. The molecule has 0 spiro atoms. The molecule has 148 valence electrons. The van der Waals surface area contributed by atoms with Crippen LogP contribution in [-0.2, 0) is 11.3 Å². The lowest BCUT2D eigenvalue weighted by atomic mass is 10.00. The van der Waals surface area contributed by atoms with Gasteiger partial charge in [-0.05, 0) is 35.2 Å². The monoisotopic (exact) mass is 416 g/mol. The molecule has 1 amide bonds. The Morgan fingerprint density at radius 2 is 2.03 bits per heavy atom. The maximum absolute atomic E-state index is 13.4. The van der Waals surface area contributed by atoms with E-state index in [-0.39, 0.29) is 17.9 Å². The van der Waals surface area contributed by atoms with Gasteiger partial charge in [0.1, 0.15) is 11.6 Å². The van der Waals surface area contributed by atoms with Crippen LogP contribution in [0.1, 0.15) is 27.0 Å². The summed E-state index contributed by atoms with van der Waals surface area (Å²) >= 11 is 1.42. The van der Waals surface area contributed by atoms with Crippen LogP contribution in [0.15, 0.2) is 88.1 Å². The van der Waals surface area contributed by atoms with E-state index < -0.39 is 23.5 Å². The van der Waals surface area contributed by atoms with Crippen LogP contribution in [0.2, 0.25) is 0 Å². The lowest BCUT2D eigenvalue weighted by Crippen LogP contribution is -2.30. The number of fused-ring (bicyclic) bond motifs is 1. The van der Waals surface area contributed by atoms with Crippen molar-refractivity contribution >= 4 is 34.0 Å². The first-order valence-corrected chi connectivity index (χ1v) is 10.2. The zero-order valence-corrected chi connectivity index (χ0v) is 16.5. The Balaban J connectivity index is 1.58. The van der Waals surface area contributed by atoms with E-state index in [9.17, 15) is 14.7 Å². The number of aliphatic hydroxyl groups excluding tert-OH is 1. The SMILES string of the molecule is O=C(C1=C(O)C(=O)N(Cc2cccnc2)C1c1cccs1)c1cc2ccccc2o1. The number of carbonyl (C=O) groups is 2. The zero-order chi connectivity index (χ0) is 20.7. The average Bonchev–Trinajstić information content (AvgIpc) is 3.49. The summed E-state index contributed by atoms with van der Waals surface area (Å²) in [6.07, 6.45) is 3.31. The molecule has 0 bridgehead atoms. The molecule has 1 aliphatic rings. The van der Waals surface area contributed by atoms with Crippen LogP contribution >= 0.6 is 11.3 Å². The number of aromatic nitrogens is 1. The Kier molecular flexibility index (Phi) is 4.44. The van der Waals surface area contributed by atoms with Crippen molar-refractivity contribution in [2.45, 2.75) is 12.6 Å². The van der Waals surface area contributed by atoms with E-state index in [0.717, 1.165) is 15.8 Å². The molecule has 1 aliphatic heterocycles. The molecule has 0 radical (unpaired) electrons. The number of hydrogen-bond donors (Lipinski definition) is 1. The molecule has 1 atom stereocenters. The zero-order valence-electron chi connectivity index (χ0n) is 15.7. The van der Waals surface area contributed by atoms with E-state index in [1.165, 1.54) is 16.2 Å². The number of ketones is 1. The molecule has 4 heterocycles. The maximum Gasteiger partial charge on any atom is 0.290 e. The van der Waals surface area contributed by atoms with Gasteiger partial charge in [-0.3, -0.25) is 14.6 Å². The summed E-state index contributed by atoms with van der Waals surface area (Å²) in [6.45, 7) is 0.218. The third-order valence-corrected chi connectivity index (χ3v) is 6.01. The van der Waals surface area contributed by atoms with Crippen LogP contribution in [0.25, 0.3) is 11.0 Å². The summed E-state index contributed by atoms with van der Waals surface area (Å²) in [5.74, 6) is -1.53. The number of carbonyl (C=O) groups excluding carboxylic acids is 2. The summed E-state index contributed by atoms with van der Waals surface area (Å²) < 4.78 is 5.71. The predicted molar refractivity (Wildman–Crippen MR) is 112 cm³/mol. The molecule has 4 aromatic rings. The van der Waals surface area contributed by atoms with Crippen LogP contribution in [0, 0.1) is 0 Å². The van der Waals surface area contributed by atoms with Crippen LogP contribution < -0.4 is 0 Å². The molecular weight excluding hydrogens is 400 g/mol. The molecule has 0 saturated carbocycles. The fraction of sp³-hybridized carbons (Fsp3) is 0.0870. The number of pyridine rings is 1. The molecular formula is C23H16N2O4S. The lowest BCUT2D eigenvalue weighted by Gasteiger charge is -2.25. The molecule has 0 aliphatic carbocycles. The quantitative estimate of drug-likeness (QED) is 0.478. The highest BCUT2D eigenvalue weighted by Crippen LogP contribution is 2.41. The highest BCUT2D eigenvalue weighted by Gasteiger charge is 2.45. The van der Waals surface area contributed by atoms with Crippen molar-refractivity contribution in [2.75, 3.05) is 0 Å². The van der Waals surface area contributed by atoms with Crippen LogP contribution in [0.5, 0.6) is 0 Å². The minimum absolute atomic E-state index is 0.0328. The van der Waals surface area contributed by atoms with Crippen molar-refractivity contribution in [3.8, 4) is 0 Å². The number of Topliss-reactive ketones (excluding diaryl/α,β-unsaturated/α-hetero) is 1. The number of benzene rings is 1. The van der Waals surface area contributed by atoms with Crippen LogP contribution in [0.4, 0.5) is 0 Å². The van der Waals surface area contributed by atoms with Gasteiger partial charge in [-0.25, -0.2) is 0 Å². The number of amides is 1. The summed E-state index contributed by atoms with van der Waals surface area (Å²) in [4.78, 5) is 32.7. The number of rotatable bonds is 5. The van der Waals surface area contributed by atoms with E-state index in [4.69, 9.17) is 4.42 Å². The summed E-state index contributed by atoms with van der Waals surface area (Å²) in [7, 11) is 0. The Hall–Kier alpha value is -3.71. The molecule has 0 saturated heterocycles. The third-order valence-electron chi connectivity index (χ3n) is 5.09. The summed E-state index contributed by atoms with van der Waals surface area (Å²) in [6, 6.07) is 15.6. The second-order valence-electron chi connectivity index (χ2n) is 6.95. The largest absolute Gasteiger partial charge is 0.503 e. The highest BCUT2D eigenvalue weighted by atomic mass is 32.1. The van der Waals surface area contributed by atoms with Gasteiger partial charge in [-0.2, -0.15) is 0 Å².